The molecule has 0 aromatic rings. The van der Waals surface area contributed by atoms with Gasteiger partial charge in [-0.3, -0.25) is 0 Å². The van der Waals surface area contributed by atoms with E-state index in [1.165, 1.54) is 121 Å². The molecule has 1 saturated heterocycles. The zero-order valence-electron chi connectivity index (χ0n) is 16.4. The lowest BCUT2D eigenvalue weighted by atomic mass is 10.00. The molecule has 1 aliphatic heterocycles. The molecule has 2 atom stereocenters. The molecule has 0 saturated carbocycles. The first kappa shape index (κ1) is 21.8. The third kappa shape index (κ3) is 9.94. The molecule has 140 valence electrons. The number of quaternary nitrogens is 1. The van der Waals surface area contributed by atoms with Gasteiger partial charge in [-0.2, -0.15) is 5.26 Å². The van der Waals surface area contributed by atoms with Gasteiger partial charge in [0, 0.05) is 5.92 Å². The van der Waals surface area contributed by atoms with Crippen LogP contribution < -0.4 is 0 Å². The van der Waals surface area contributed by atoms with Crippen molar-refractivity contribution in [1.82, 2.24) is 0 Å². The first-order valence-corrected chi connectivity index (χ1v) is 11.4. The highest BCUT2D eigenvalue weighted by Gasteiger charge is 2.34. The smallest absolute Gasteiger partial charge is 0.196 e. The van der Waals surface area contributed by atoms with Gasteiger partial charge in [-0.25, -0.2) is 3.89 Å². The Labute approximate surface area is 156 Å². The molecule has 0 N–H and O–H groups in total. The minimum absolute atomic E-state index is 0.789. The Balaban J connectivity index is 1.97. The van der Waals surface area contributed by atoms with Gasteiger partial charge in [0.2, 0.25) is 0 Å². The summed E-state index contributed by atoms with van der Waals surface area (Å²) in [7, 11) is 0. The quantitative estimate of drug-likeness (QED) is 0.144. The van der Waals surface area contributed by atoms with Gasteiger partial charge in [0.15, 0.2) is 17.3 Å². The van der Waals surface area contributed by atoms with Gasteiger partial charge in [-0.05, 0) is 25.7 Å². The van der Waals surface area contributed by atoms with Crippen molar-refractivity contribution >= 4 is 11.9 Å². The molecule has 1 fully saturated rings. The van der Waals surface area contributed by atoms with E-state index in [-0.39, 0.29) is 0 Å². The molecule has 2 nitrogen and oxygen atoms in total. The maximum atomic E-state index is 9.16. The number of nitriles is 1. The molecule has 1 rings (SSSR count). The SMILES string of the molecule is CCCCCCCCCCCCCC[N+]1(SC#N)CCCC(C)C1. The Morgan fingerprint density at radius 3 is 1.96 bits per heavy atom. The lowest BCUT2D eigenvalue weighted by Crippen LogP contribution is -2.48. The fraction of sp³-hybridized carbons (Fsp3) is 0.952. The number of hydrogen-bond donors (Lipinski definition) is 0. The van der Waals surface area contributed by atoms with Crippen molar-refractivity contribution in [2.75, 3.05) is 19.6 Å². The Morgan fingerprint density at radius 1 is 0.917 bits per heavy atom. The summed E-state index contributed by atoms with van der Waals surface area (Å²) in [6, 6.07) is 0. The van der Waals surface area contributed by atoms with Crippen molar-refractivity contribution in [2.45, 2.75) is 104 Å². The summed E-state index contributed by atoms with van der Waals surface area (Å²) >= 11 is 1.53. The van der Waals surface area contributed by atoms with Crippen LogP contribution in [-0.4, -0.2) is 23.5 Å². The number of unbranched alkanes of at least 4 members (excludes halogenated alkanes) is 11. The minimum atomic E-state index is 0.789. The van der Waals surface area contributed by atoms with E-state index in [0.717, 1.165) is 9.81 Å². The predicted octanol–water partition coefficient (Wildman–Crippen LogP) is 7.06. The van der Waals surface area contributed by atoms with Gasteiger partial charge in [0.25, 0.3) is 0 Å². The van der Waals surface area contributed by atoms with Crippen LogP contribution in [-0.2, 0) is 0 Å². The Kier molecular flexibility index (Phi) is 12.8. The summed E-state index contributed by atoms with van der Waals surface area (Å²) < 4.78 is 1.01. The number of piperidine rings is 1. The molecule has 0 aromatic carbocycles. The third-order valence-corrected chi connectivity index (χ3v) is 6.54. The molecule has 1 aliphatic rings. The van der Waals surface area contributed by atoms with Crippen molar-refractivity contribution < 1.29 is 3.89 Å². The van der Waals surface area contributed by atoms with E-state index in [4.69, 9.17) is 5.26 Å². The highest BCUT2D eigenvalue weighted by Crippen LogP contribution is 2.32. The van der Waals surface area contributed by atoms with Crippen LogP contribution in [0.1, 0.15) is 104 Å². The third-order valence-electron chi connectivity index (χ3n) is 5.56. The van der Waals surface area contributed by atoms with Crippen molar-refractivity contribution in [3.8, 4) is 5.40 Å². The molecule has 3 heteroatoms. The van der Waals surface area contributed by atoms with Crippen LogP contribution in [0.2, 0.25) is 0 Å². The van der Waals surface area contributed by atoms with Crippen LogP contribution in [0, 0.1) is 16.6 Å². The van der Waals surface area contributed by atoms with Crippen LogP contribution in [0.25, 0.3) is 0 Å². The lowest BCUT2D eigenvalue weighted by molar-refractivity contribution is -0.805. The van der Waals surface area contributed by atoms with Crippen LogP contribution in [0.5, 0.6) is 0 Å². The summed E-state index contributed by atoms with van der Waals surface area (Å²) in [6.45, 7) is 8.26. The van der Waals surface area contributed by atoms with E-state index in [0.29, 0.717) is 0 Å². The molecule has 2 unspecified atom stereocenters. The fourth-order valence-corrected chi connectivity index (χ4v) is 5.08. The van der Waals surface area contributed by atoms with Crippen LogP contribution in [0.4, 0.5) is 0 Å². The van der Waals surface area contributed by atoms with E-state index < -0.39 is 0 Å². The maximum absolute atomic E-state index is 9.16. The van der Waals surface area contributed by atoms with E-state index in [2.05, 4.69) is 19.2 Å². The summed E-state index contributed by atoms with van der Waals surface area (Å²) in [4.78, 5) is 0. The second-order valence-corrected chi connectivity index (χ2v) is 9.15. The van der Waals surface area contributed by atoms with E-state index in [1.807, 2.05) is 0 Å². The summed E-state index contributed by atoms with van der Waals surface area (Å²) in [6.07, 6.45) is 19.5. The number of thiocyanates is 1. The second-order valence-electron chi connectivity index (χ2n) is 8.01. The summed E-state index contributed by atoms with van der Waals surface area (Å²) in [5.74, 6) is 0.789. The minimum Gasteiger partial charge on any atom is -0.248 e. The molecule has 24 heavy (non-hydrogen) atoms. The molecule has 0 aliphatic carbocycles. The molecule has 0 amide bonds. The largest absolute Gasteiger partial charge is 0.248 e. The lowest BCUT2D eigenvalue weighted by Gasteiger charge is -2.39. The predicted molar refractivity (Wildman–Crippen MR) is 108 cm³/mol. The van der Waals surface area contributed by atoms with Crippen LogP contribution in [0.15, 0.2) is 0 Å². The van der Waals surface area contributed by atoms with Crippen molar-refractivity contribution in [1.29, 1.82) is 5.26 Å². The number of hydrogen-bond acceptors (Lipinski definition) is 2. The standard InChI is InChI=1S/C21H41N2S/c1-3-4-5-6-7-8-9-10-11-12-13-14-17-23(24-20-22)18-15-16-21(2)19-23/h21H,3-19H2,1-2H3/q+1. The number of rotatable bonds is 14. The topological polar surface area (TPSA) is 23.8 Å². The average Bonchev–Trinajstić information content (AvgIpc) is 2.56. The average molecular weight is 354 g/mol. The van der Waals surface area contributed by atoms with Crippen LogP contribution in [0.3, 0.4) is 0 Å². The fourth-order valence-electron chi connectivity index (χ4n) is 4.14. The van der Waals surface area contributed by atoms with Crippen molar-refractivity contribution in [3.05, 3.63) is 0 Å². The number of nitrogens with zero attached hydrogens (tertiary/aromatic N) is 2. The summed E-state index contributed by atoms with van der Waals surface area (Å²) in [5.41, 5.74) is 0. The Morgan fingerprint density at radius 2 is 1.46 bits per heavy atom. The first-order valence-electron chi connectivity index (χ1n) is 10.7. The number of likely N-dealkylation sites (tertiary alicyclic amines) is 1. The Hall–Kier alpha value is -0.200. The normalized spacial score (nSPS) is 24.0. The maximum Gasteiger partial charge on any atom is 0.196 e. The highest BCUT2D eigenvalue weighted by molar-refractivity contribution is 7.98. The molecule has 0 bridgehead atoms. The molecule has 0 radical (unpaired) electrons. The van der Waals surface area contributed by atoms with E-state index in [9.17, 15) is 0 Å². The summed E-state index contributed by atoms with van der Waals surface area (Å²) in [5, 5.41) is 11.5. The monoisotopic (exact) mass is 353 g/mol. The molecular weight excluding hydrogens is 312 g/mol. The first-order chi connectivity index (χ1) is 11.7. The zero-order chi connectivity index (χ0) is 17.5. The second kappa shape index (κ2) is 14.0. The van der Waals surface area contributed by atoms with Gasteiger partial charge < -0.3 is 0 Å². The van der Waals surface area contributed by atoms with Crippen molar-refractivity contribution in [2.24, 2.45) is 5.92 Å². The van der Waals surface area contributed by atoms with Crippen LogP contribution >= 0.6 is 11.9 Å². The molecule has 1 heterocycles. The molecule has 0 spiro atoms. The van der Waals surface area contributed by atoms with Gasteiger partial charge in [0.05, 0.1) is 19.6 Å². The molecule has 0 aromatic heterocycles. The van der Waals surface area contributed by atoms with Gasteiger partial charge in [0.1, 0.15) is 0 Å². The van der Waals surface area contributed by atoms with E-state index >= 15 is 0 Å². The highest BCUT2D eigenvalue weighted by atomic mass is 32.2. The van der Waals surface area contributed by atoms with Gasteiger partial charge in [-0.15, -0.1) is 0 Å². The van der Waals surface area contributed by atoms with E-state index in [1.54, 1.807) is 0 Å². The van der Waals surface area contributed by atoms with Gasteiger partial charge >= 0.3 is 0 Å². The van der Waals surface area contributed by atoms with Crippen molar-refractivity contribution in [3.63, 3.8) is 0 Å². The Bertz CT molecular complexity index is 339. The molecular formula is C21H41N2S+. The zero-order valence-corrected chi connectivity index (χ0v) is 17.2. The van der Waals surface area contributed by atoms with Gasteiger partial charge in [-0.1, -0.05) is 78.1 Å².